The number of rotatable bonds is 14. The van der Waals surface area contributed by atoms with Crippen molar-refractivity contribution < 1.29 is 28.6 Å². The molecule has 0 aliphatic heterocycles. The fourth-order valence-electron chi connectivity index (χ4n) is 4.89. The second kappa shape index (κ2) is 16.6. The highest BCUT2D eigenvalue weighted by Gasteiger charge is 2.13. The molecule has 0 unspecified atom stereocenters. The molecule has 51 heavy (non-hydrogen) atoms. The van der Waals surface area contributed by atoms with Crippen molar-refractivity contribution in [2.45, 2.75) is 0 Å². The third-order valence-electron chi connectivity index (χ3n) is 7.11. The first-order valence-electron chi connectivity index (χ1n) is 15.3. The highest BCUT2D eigenvalue weighted by atomic mass is 16.5. The molecule has 6 heterocycles. The van der Waals surface area contributed by atoms with Crippen molar-refractivity contribution in [3.8, 4) is 22.8 Å². The van der Waals surface area contributed by atoms with Crippen LogP contribution >= 0.6 is 0 Å². The lowest BCUT2D eigenvalue weighted by molar-refractivity contribution is -0.123. The maximum absolute atomic E-state index is 11.5. The lowest BCUT2D eigenvalue weighted by Gasteiger charge is -2.10. The number of hydrogen-bond acceptors (Lipinski definition) is 12. The van der Waals surface area contributed by atoms with E-state index in [1.54, 1.807) is 140 Å². The summed E-state index contributed by atoms with van der Waals surface area (Å²) >= 11 is 0. The molecule has 248 valence electrons. The predicted molar refractivity (Wildman–Crippen MR) is 188 cm³/mol. The molecule has 0 spiro atoms. The van der Waals surface area contributed by atoms with E-state index in [0.717, 1.165) is 0 Å². The molecule has 0 aromatic carbocycles. The van der Waals surface area contributed by atoms with Gasteiger partial charge in [-0.05, 0) is 108 Å². The van der Waals surface area contributed by atoms with Crippen LogP contribution in [0.2, 0.25) is 0 Å². The molecule has 6 aromatic rings. The normalized spacial score (nSPS) is 11.7. The molecule has 0 aliphatic carbocycles. The van der Waals surface area contributed by atoms with Gasteiger partial charge in [0.05, 0.1) is 22.8 Å². The van der Waals surface area contributed by atoms with E-state index < -0.39 is 0 Å². The Labute approximate surface area is 291 Å². The Balaban J connectivity index is 1.47. The number of carbonyl (C=O) groups is 3. The summed E-state index contributed by atoms with van der Waals surface area (Å²) in [5.74, 6) is 0.702. The number of hydrogen-bond donors (Lipinski definition) is 0. The van der Waals surface area contributed by atoms with Crippen LogP contribution in [-0.2, 0) is 28.6 Å². The summed E-state index contributed by atoms with van der Waals surface area (Å²) in [7, 11) is 0. The van der Waals surface area contributed by atoms with Gasteiger partial charge in [0.15, 0.2) is 17.3 Å². The molecule has 0 radical (unpaired) electrons. The van der Waals surface area contributed by atoms with Gasteiger partial charge in [-0.2, -0.15) is 0 Å². The maximum Gasteiger partial charge on any atom is 0.298 e. The Morgan fingerprint density at radius 3 is 1.14 bits per heavy atom. The molecular weight excluding hydrogens is 648 g/mol. The molecular formula is C39H26N6O6. The van der Waals surface area contributed by atoms with Crippen LogP contribution in [-0.4, -0.2) is 49.3 Å². The maximum atomic E-state index is 11.5. The summed E-state index contributed by atoms with van der Waals surface area (Å²) in [5.41, 5.74) is 5.17. The second-order valence-corrected chi connectivity index (χ2v) is 10.4. The molecule has 0 amide bonds. The van der Waals surface area contributed by atoms with Crippen molar-refractivity contribution in [2.75, 3.05) is 0 Å². The third kappa shape index (κ3) is 8.72. The summed E-state index contributed by atoms with van der Waals surface area (Å²) in [5, 5.41) is 0. The van der Waals surface area contributed by atoms with E-state index in [9.17, 15) is 14.4 Å². The van der Waals surface area contributed by atoms with E-state index >= 15 is 0 Å². The number of nitrogens with zero attached hydrogens (tertiary/aromatic N) is 6. The summed E-state index contributed by atoms with van der Waals surface area (Å²) < 4.78 is 15.8. The van der Waals surface area contributed by atoms with E-state index in [1.807, 2.05) is 0 Å². The molecule has 0 atom stereocenters. The van der Waals surface area contributed by atoms with Gasteiger partial charge in [-0.15, -0.1) is 0 Å². The topological polar surface area (TPSA) is 156 Å². The van der Waals surface area contributed by atoms with Crippen LogP contribution in [0.1, 0.15) is 33.8 Å². The minimum atomic E-state index is 0.208. The summed E-state index contributed by atoms with van der Waals surface area (Å²) in [6, 6.07) is 26.4. The van der Waals surface area contributed by atoms with Gasteiger partial charge in [-0.1, -0.05) is 18.2 Å². The van der Waals surface area contributed by atoms with Crippen molar-refractivity contribution in [1.82, 2.24) is 29.9 Å². The molecule has 6 rings (SSSR count). The molecule has 12 nitrogen and oxygen atoms in total. The van der Waals surface area contributed by atoms with Crippen molar-refractivity contribution in [1.29, 1.82) is 0 Å². The van der Waals surface area contributed by atoms with Gasteiger partial charge < -0.3 is 14.2 Å². The van der Waals surface area contributed by atoms with Crippen LogP contribution < -0.4 is 0 Å². The van der Waals surface area contributed by atoms with Crippen LogP contribution in [0.4, 0.5) is 0 Å². The molecule has 6 aromatic heterocycles. The first-order valence-corrected chi connectivity index (χ1v) is 15.3. The molecule has 0 aliphatic rings. The Kier molecular flexibility index (Phi) is 10.9. The molecule has 0 bridgehead atoms. The molecule has 0 saturated heterocycles. The zero-order valence-corrected chi connectivity index (χ0v) is 26.6. The van der Waals surface area contributed by atoms with Gasteiger partial charge in [0.1, 0.15) is 17.1 Å². The average molecular weight is 675 g/mol. The molecule has 0 fully saturated rings. The Bertz CT molecular complexity index is 2120. The fraction of sp³-hybridized carbons (Fsp3) is 0. The van der Waals surface area contributed by atoms with E-state index in [2.05, 4.69) is 24.9 Å². The van der Waals surface area contributed by atoms with Gasteiger partial charge in [0, 0.05) is 31.0 Å². The van der Waals surface area contributed by atoms with Gasteiger partial charge >= 0.3 is 0 Å². The molecule has 0 N–H and O–H groups in total. The van der Waals surface area contributed by atoms with E-state index in [-0.39, 0.29) is 17.3 Å². The quantitative estimate of drug-likeness (QED) is 0.0712. The zero-order chi connectivity index (χ0) is 35.3. The summed E-state index contributed by atoms with van der Waals surface area (Å²) in [4.78, 5) is 61.1. The predicted octanol–water partition coefficient (Wildman–Crippen LogP) is 6.40. The van der Waals surface area contributed by atoms with Gasteiger partial charge in [0.25, 0.3) is 19.4 Å². The lowest BCUT2D eigenvalue weighted by atomic mass is 10.1. The first-order chi connectivity index (χ1) is 25.1. The standard InChI is InChI=1S/C39H26N6O6/c46-24-49-37(30-7-1-4-12-40-30)21-27-10-15-43-33(17-27)35-19-29(23-39(51-26-48)32-9-3-6-14-42-32)20-36(45-35)34-18-28(11-16-44-34)22-38(50-25-47)31-8-2-5-13-41-31/h1-26H/b37-21+,38-22+,39-23+. The van der Waals surface area contributed by atoms with E-state index in [4.69, 9.17) is 19.2 Å². The SMILES string of the molecule is O=CO/C(=C/c1ccnc(-c2cc(/C=C(/OC=O)c3ccccn3)cc(-c3cc(/C=C(/OC=O)c4ccccn4)ccn3)n2)c1)c1ccccn1. The Hall–Kier alpha value is -7.47. The van der Waals surface area contributed by atoms with Gasteiger partial charge in [-0.25, -0.2) is 4.98 Å². The minimum absolute atomic E-state index is 0.208. The zero-order valence-electron chi connectivity index (χ0n) is 26.6. The first kappa shape index (κ1) is 33.4. The highest BCUT2D eigenvalue weighted by Crippen LogP contribution is 2.28. The molecule has 12 heteroatoms. The van der Waals surface area contributed by atoms with Crippen molar-refractivity contribution in [2.24, 2.45) is 0 Å². The monoisotopic (exact) mass is 674 g/mol. The summed E-state index contributed by atoms with van der Waals surface area (Å²) in [6.07, 6.45) is 13.0. The smallest absolute Gasteiger partial charge is 0.298 e. The number of ether oxygens (including phenoxy) is 3. The second-order valence-electron chi connectivity index (χ2n) is 10.4. The van der Waals surface area contributed by atoms with Crippen LogP contribution in [0.3, 0.4) is 0 Å². The average Bonchev–Trinajstić information content (AvgIpc) is 3.18. The fourth-order valence-corrected chi connectivity index (χ4v) is 4.89. The Morgan fingerprint density at radius 2 is 0.784 bits per heavy atom. The van der Waals surface area contributed by atoms with E-state index in [0.29, 0.717) is 76.0 Å². The third-order valence-corrected chi connectivity index (χ3v) is 7.11. The molecule has 0 saturated carbocycles. The number of pyridine rings is 6. The van der Waals surface area contributed by atoms with Crippen LogP contribution in [0.5, 0.6) is 0 Å². The van der Waals surface area contributed by atoms with Crippen molar-refractivity contribution >= 4 is 54.9 Å². The minimum Gasteiger partial charge on any atom is -0.426 e. The highest BCUT2D eigenvalue weighted by molar-refractivity contribution is 5.83. The number of carbonyl (C=O) groups excluding carboxylic acids is 3. The lowest BCUT2D eigenvalue weighted by Crippen LogP contribution is -1.97. The number of aromatic nitrogens is 6. The Morgan fingerprint density at radius 1 is 0.412 bits per heavy atom. The van der Waals surface area contributed by atoms with Crippen LogP contribution in [0, 0.1) is 0 Å². The van der Waals surface area contributed by atoms with Crippen LogP contribution in [0.25, 0.3) is 58.3 Å². The van der Waals surface area contributed by atoms with Gasteiger partial charge in [-0.3, -0.25) is 39.3 Å². The summed E-state index contributed by atoms with van der Waals surface area (Å²) in [6.45, 7) is 1.01. The largest absolute Gasteiger partial charge is 0.426 e. The van der Waals surface area contributed by atoms with Crippen LogP contribution in [0.15, 0.2) is 122 Å². The van der Waals surface area contributed by atoms with E-state index in [1.165, 1.54) is 0 Å². The van der Waals surface area contributed by atoms with Crippen molar-refractivity contribution in [3.05, 3.63) is 156 Å². The van der Waals surface area contributed by atoms with Crippen molar-refractivity contribution in [3.63, 3.8) is 0 Å². The van der Waals surface area contributed by atoms with Gasteiger partial charge in [0.2, 0.25) is 0 Å².